The molecule has 0 heterocycles. The van der Waals surface area contributed by atoms with E-state index >= 15 is 0 Å². The molecular formula is C20H34NO3PS. The summed E-state index contributed by atoms with van der Waals surface area (Å²) < 4.78 is 33.9. The van der Waals surface area contributed by atoms with Crippen LogP contribution in [0.15, 0.2) is 24.3 Å². The minimum atomic E-state index is -2.76. The predicted octanol–water partition coefficient (Wildman–Crippen LogP) is 4.93. The Labute approximate surface area is 161 Å². The predicted molar refractivity (Wildman–Crippen MR) is 112 cm³/mol. The Morgan fingerprint density at radius 3 is 2.27 bits per heavy atom. The van der Waals surface area contributed by atoms with Crippen LogP contribution < -0.4 is 10.0 Å². The lowest BCUT2D eigenvalue weighted by Crippen LogP contribution is -2.39. The van der Waals surface area contributed by atoms with Crippen LogP contribution in [0.5, 0.6) is 0 Å². The number of benzene rings is 1. The van der Waals surface area contributed by atoms with E-state index in [-0.39, 0.29) is 10.8 Å². The van der Waals surface area contributed by atoms with Crippen molar-refractivity contribution in [3.8, 4) is 0 Å². The molecule has 3 atom stereocenters. The largest absolute Gasteiger partial charge is 0.326 e. The van der Waals surface area contributed by atoms with E-state index in [0.29, 0.717) is 12.5 Å². The van der Waals surface area contributed by atoms with E-state index < -0.39 is 18.4 Å². The summed E-state index contributed by atoms with van der Waals surface area (Å²) >= 11 is 0. The van der Waals surface area contributed by atoms with Gasteiger partial charge in [0.15, 0.2) is 0 Å². The molecule has 4 nitrogen and oxygen atoms in total. The molecule has 0 saturated heterocycles. The molecule has 6 heteroatoms. The molecule has 148 valence electrons. The third-order valence-corrected chi connectivity index (χ3v) is 8.58. The summed E-state index contributed by atoms with van der Waals surface area (Å²) in [5, 5.41) is 0.738. The first-order chi connectivity index (χ1) is 12.1. The standard InChI is InChI=1S/C20H34NO3PS/c1-6-24-25(5,22)18-14-12-17(13-15-18)19(16-10-8-7-9-11-16)21-26(23)20(2,3)4/h12-16,19,21H,6-11H2,1-5H3/t19-,25?,26-/m0/s1. The highest BCUT2D eigenvalue weighted by Gasteiger charge is 2.30. The SMILES string of the molecule is CCOP(C)(=O)c1ccc([C@@H](N[S@@](=O)C(C)(C)C)C2CCCCC2)cc1. The van der Waals surface area contributed by atoms with E-state index in [2.05, 4.69) is 4.72 Å². The summed E-state index contributed by atoms with van der Waals surface area (Å²) in [6.07, 6.45) is 6.07. The van der Waals surface area contributed by atoms with Crippen LogP contribution in [0.2, 0.25) is 0 Å². The van der Waals surface area contributed by atoms with Crippen LogP contribution >= 0.6 is 7.37 Å². The third-order valence-electron chi connectivity index (χ3n) is 5.01. The van der Waals surface area contributed by atoms with Crippen molar-refractivity contribution in [1.82, 2.24) is 4.72 Å². The molecule has 1 aromatic carbocycles. The Morgan fingerprint density at radius 2 is 1.77 bits per heavy atom. The molecule has 1 aliphatic rings. The van der Waals surface area contributed by atoms with E-state index in [1.165, 1.54) is 19.3 Å². The third kappa shape index (κ3) is 5.76. The first kappa shape index (κ1) is 21.8. The lowest BCUT2D eigenvalue weighted by molar-refractivity contribution is 0.295. The molecule has 1 aliphatic carbocycles. The van der Waals surface area contributed by atoms with Crippen molar-refractivity contribution in [2.45, 2.75) is 70.6 Å². The van der Waals surface area contributed by atoms with Crippen molar-refractivity contribution in [2.24, 2.45) is 5.92 Å². The van der Waals surface area contributed by atoms with Gasteiger partial charge < -0.3 is 4.52 Å². The average molecular weight is 400 g/mol. The highest BCUT2D eigenvalue weighted by atomic mass is 32.2. The first-order valence-electron chi connectivity index (χ1n) is 9.66. The molecular weight excluding hydrogens is 365 g/mol. The number of nitrogens with one attached hydrogen (secondary N) is 1. The van der Waals surface area contributed by atoms with Crippen molar-refractivity contribution in [1.29, 1.82) is 0 Å². The van der Waals surface area contributed by atoms with E-state index in [0.717, 1.165) is 23.7 Å². The first-order valence-corrected chi connectivity index (χ1v) is 12.9. The minimum absolute atomic E-state index is 0.0627. The summed E-state index contributed by atoms with van der Waals surface area (Å²) in [4.78, 5) is 0. The maximum atomic E-state index is 12.7. The Hall–Kier alpha value is -0.480. The van der Waals surface area contributed by atoms with Crippen molar-refractivity contribution >= 4 is 23.7 Å². The van der Waals surface area contributed by atoms with Crippen LogP contribution in [0.1, 0.15) is 71.4 Å². The lowest BCUT2D eigenvalue weighted by atomic mass is 9.81. The monoisotopic (exact) mass is 399 g/mol. The van der Waals surface area contributed by atoms with Crippen molar-refractivity contribution in [2.75, 3.05) is 13.3 Å². The number of hydrogen-bond donors (Lipinski definition) is 1. The van der Waals surface area contributed by atoms with Crippen LogP contribution in [-0.4, -0.2) is 22.2 Å². The van der Waals surface area contributed by atoms with Gasteiger partial charge in [-0.25, -0.2) is 8.93 Å². The summed E-state index contributed by atoms with van der Waals surface area (Å²) in [6, 6.07) is 7.92. The zero-order chi connectivity index (χ0) is 19.4. The summed E-state index contributed by atoms with van der Waals surface area (Å²) in [5.41, 5.74) is 1.12. The highest BCUT2D eigenvalue weighted by molar-refractivity contribution is 7.84. The molecule has 1 N–H and O–H groups in total. The molecule has 1 unspecified atom stereocenters. The summed E-state index contributed by atoms with van der Waals surface area (Å²) in [7, 11) is -3.89. The topological polar surface area (TPSA) is 55.4 Å². The van der Waals surface area contributed by atoms with Gasteiger partial charge in [-0.05, 0) is 64.2 Å². The Morgan fingerprint density at radius 1 is 1.19 bits per heavy atom. The zero-order valence-corrected chi connectivity index (χ0v) is 18.5. The summed E-state index contributed by atoms with van der Waals surface area (Å²) in [6.45, 7) is 9.93. The molecule has 1 saturated carbocycles. The van der Waals surface area contributed by atoms with Crippen LogP contribution in [0.3, 0.4) is 0 Å². The van der Waals surface area contributed by atoms with Crippen LogP contribution in [0, 0.1) is 5.92 Å². The van der Waals surface area contributed by atoms with Crippen molar-refractivity contribution in [3.63, 3.8) is 0 Å². The van der Waals surface area contributed by atoms with Gasteiger partial charge in [0.25, 0.3) is 0 Å². The molecule has 0 spiro atoms. The van der Waals surface area contributed by atoms with Crippen molar-refractivity contribution in [3.05, 3.63) is 29.8 Å². The normalized spacial score (nSPS) is 21.1. The van der Waals surface area contributed by atoms with E-state index in [1.807, 2.05) is 52.0 Å². The Balaban J connectivity index is 2.26. The second kappa shape index (κ2) is 9.14. The van der Waals surface area contributed by atoms with E-state index in [1.54, 1.807) is 6.66 Å². The smallest absolute Gasteiger partial charge is 0.229 e. The molecule has 0 bridgehead atoms. The fourth-order valence-electron chi connectivity index (χ4n) is 3.47. The molecule has 0 aromatic heterocycles. The second-order valence-corrected chi connectivity index (χ2v) is 12.7. The fourth-order valence-corrected chi connectivity index (χ4v) is 5.71. The molecule has 0 aliphatic heterocycles. The quantitative estimate of drug-likeness (QED) is 0.662. The van der Waals surface area contributed by atoms with Gasteiger partial charge in [0.05, 0.1) is 22.3 Å². The average Bonchev–Trinajstić information content (AvgIpc) is 2.59. The molecule has 1 fully saturated rings. The van der Waals surface area contributed by atoms with Gasteiger partial charge in [0.2, 0.25) is 7.37 Å². The van der Waals surface area contributed by atoms with Gasteiger partial charge in [0, 0.05) is 18.0 Å². The number of hydrogen-bond acceptors (Lipinski definition) is 3. The minimum Gasteiger partial charge on any atom is -0.326 e. The number of rotatable bonds is 7. The molecule has 0 radical (unpaired) electrons. The van der Waals surface area contributed by atoms with Crippen LogP contribution in [-0.2, 0) is 20.1 Å². The molecule has 0 amide bonds. The zero-order valence-electron chi connectivity index (χ0n) is 16.8. The van der Waals surface area contributed by atoms with Crippen LogP contribution in [0.4, 0.5) is 0 Å². The fraction of sp³-hybridized carbons (Fsp3) is 0.700. The highest BCUT2D eigenvalue weighted by Crippen LogP contribution is 2.42. The van der Waals surface area contributed by atoms with Gasteiger partial charge in [-0.15, -0.1) is 0 Å². The Kier molecular flexibility index (Phi) is 7.67. The second-order valence-electron chi connectivity index (χ2n) is 8.23. The maximum Gasteiger partial charge on any atom is 0.229 e. The van der Waals surface area contributed by atoms with Gasteiger partial charge in [-0.2, -0.15) is 0 Å². The van der Waals surface area contributed by atoms with Gasteiger partial charge in [-0.3, -0.25) is 4.57 Å². The van der Waals surface area contributed by atoms with E-state index in [4.69, 9.17) is 4.52 Å². The molecule has 26 heavy (non-hydrogen) atoms. The van der Waals surface area contributed by atoms with Crippen LogP contribution in [0.25, 0.3) is 0 Å². The molecule has 1 aromatic rings. The molecule has 2 rings (SSSR count). The van der Waals surface area contributed by atoms with Crippen molar-refractivity contribution < 1.29 is 13.3 Å². The Bertz CT molecular complexity index is 648. The van der Waals surface area contributed by atoms with Gasteiger partial charge in [0.1, 0.15) is 0 Å². The van der Waals surface area contributed by atoms with Gasteiger partial charge >= 0.3 is 0 Å². The summed E-state index contributed by atoms with van der Waals surface area (Å²) in [5.74, 6) is 0.487. The lowest BCUT2D eigenvalue weighted by Gasteiger charge is -2.33. The van der Waals surface area contributed by atoms with E-state index in [9.17, 15) is 8.77 Å². The maximum absolute atomic E-state index is 12.7. The van der Waals surface area contributed by atoms with Gasteiger partial charge in [-0.1, -0.05) is 31.4 Å².